The molecule has 0 amide bonds. The second kappa shape index (κ2) is 5.76. The third-order valence-electron chi connectivity index (χ3n) is 2.49. The molecule has 0 aromatic heterocycles. The Hall–Kier alpha value is -2.44. The Morgan fingerprint density at radius 1 is 0.944 bits per heavy atom. The highest BCUT2D eigenvalue weighted by atomic mass is 16.1. The van der Waals surface area contributed by atoms with Gasteiger partial charge in [0.1, 0.15) is 0 Å². The Labute approximate surface area is 106 Å². The molecule has 0 aliphatic rings. The topological polar surface area (TPSA) is 29.4 Å². The van der Waals surface area contributed by atoms with Crippen molar-refractivity contribution >= 4 is 17.3 Å². The van der Waals surface area contributed by atoms with Crippen molar-refractivity contribution < 1.29 is 4.79 Å². The minimum Gasteiger partial charge on any atom is -0.288 e. The normalized spacial score (nSPS) is 9.39. The lowest BCUT2D eigenvalue weighted by Gasteiger charge is -1.97. The number of para-hydroxylation sites is 1. The zero-order valence-electron chi connectivity index (χ0n) is 10.1. The average Bonchev–Trinajstić information content (AvgIpc) is 2.46. The maximum atomic E-state index is 12.0. The molecule has 0 bridgehead atoms. The molecule has 0 aliphatic carbocycles. The summed E-state index contributed by atoms with van der Waals surface area (Å²) in [5.41, 5.74) is 1.95. The van der Waals surface area contributed by atoms with E-state index in [1.165, 1.54) is 0 Å². The van der Waals surface area contributed by atoms with Crippen LogP contribution in [0.5, 0.6) is 0 Å². The van der Waals surface area contributed by atoms with Crippen molar-refractivity contribution in [2.24, 2.45) is 4.99 Å². The van der Waals surface area contributed by atoms with Gasteiger partial charge in [-0.05, 0) is 24.9 Å². The minimum atomic E-state index is -0.0460. The fourth-order valence-corrected chi connectivity index (χ4v) is 1.51. The summed E-state index contributed by atoms with van der Waals surface area (Å²) in [5, 5.41) is 0. The third kappa shape index (κ3) is 3.03. The van der Waals surface area contributed by atoms with Gasteiger partial charge in [0.2, 0.25) is 0 Å². The SMILES string of the molecule is CC(=C=Nc1ccccc1)C(=O)c1ccccc1. The van der Waals surface area contributed by atoms with Crippen LogP contribution in [0, 0.1) is 0 Å². The molecule has 0 atom stereocenters. The number of aliphatic imine (C=N–C) groups is 1. The largest absolute Gasteiger partial charge is 0.288 e. The van der Waals surface area contributed by atoms with E-state index < -0.39 is 0 Å². The van der Waals surface area contributed by atoms with Crippen LogP contribution in [0.3, 0.4) is 0 Å². The average molecular weight is 235 g/mol. The Balaban J connectivity index is 2.24. The first kappa shape index (κ1) is 12.0. The maximum Gasteiger partial charge on any atom is 0.197 e. The van der Waals surface area contributed by atoms with Gasteiger partial charge in [0.05, 0.1) is 11.3 Å². The lowest BCUT2D eigenvalue weighted by Crippen LogP contribution is -2.00. The molecule has 88 valence electrons. The van der Waals surface area contributed by atoms with Crippen LogP contribution in [-0.4, -0.2) is 11.7 Å². The predicted molar refractivity (Wildman–Crippen MR) is 73.5 cm³/mol. The third-order valence-corrected chi connectivity index (χ3v) is 2.49. The van der Waals surface area contributed by atoms with Gasteiger partial charge in [0, 0.05) is 5.56 Å². The van der Waals surface area contributed by atoms with Crippen LogP contribution < -0.4 is 0 Å². The molecule has 0 unspecified atom stereocenters. The van der Waals surface area contributed by atoms with Crippen LogP contribution in [0.15, 0.2) is 71.2 Å². The lowest BCUT2D eigenvalue weighted by atomic mass is 10.1. The van der Waals surface area contributed by atoms with Crippen molar-refractivity contribution in [3.8, 4) is 0 Å². The summed E-state index contributed by atoms with van der Waals surface area (Å²) in [6.45, 7) is 1.72. The van der Waals surface area contributed by atoms with Crippen molar-refractivity contribution in [1.82, 2.24) is 0 Å². The van der Waals surface area contributed by atoms with Gasteiger partial charge in [0.25, 0.3) is 0 Å². The summed E-state index contributed by atoms with van der Waals surface area (Å²) in [6.07, 6.45) is 0. The number of carbonyl (C=O) groups is 1. The number of Topliss-reactive ketones (excluding diaryl/α,β-unsaturated/α-hetero) is 1. The van der Waals surface area contributed by atoms with E-state index in [1.807, 2.05) is 48.5 Å². The number of rotatable bonds is 3. The van der Waals surface area contributed by atoms with Gasteiger partial charge >= 0.3 is 0 Å². The molecular weight excluding hydrogens is 222 g/mol. The first-order valence-electron chi connectivity index (χ1n) is 5.72. The summed E-state index contributed by atoms with van der Waals surface area (Å²) in [4.78, 5) is 16.2. The zero-order valence-corrected chi connectivity index (χ0v) is 10.1. The van der Waals surface area contributed by atoms with Gasteiger partial charge in [-0.1, -0.05) is 48.5 Å². The van der Waals surface area contributed by atoms with Crippen molar-refractivity contribution in [2.75, 3.05) is 0 Å². The molecule has 0 heterocycles. The summed E-state index contributed by atoms with van der Waals surface area (Å²) < 4.78 is 0. The molecule has 0 radical (unpaired) electrons. The second-order valence-corrected chi connectivity index (χ2v) is 3.88. The number of hydrogen-bond acceptors (Lipinski definition) is 2. The van der Waals surface area contributed by atoms with Gasteiger partial charge in [0.15, 0.2) is 5.78 Å². The van der Waals surface area contributed by atoms with E-state index in [0.717, 1.165) is 5.69 Å². The van der Waals surface area contributed by atoms with Crippen molar-refractivity contribution in [3.63, 3.8) is 0 Å². The molecule has 18 heavy (non-hydrogen) atoms. The Morgan fingerprint density at radius 3 is 2.11 bits per heavy atom. The fourth-order valence-electron chi connectivity index (χ4n) is 1.51. The highest BCUT2D eigenvalue weighted by Crippen LogP contribution is 2.09. The van der Waals surface area contributed by atoms with Gasteiger partial charge in [-0.15, -0.1) is 0 Å². The number of allylic oxidation sites excluding steroid dienone is 1. The summed E-state index contributed by atoms with van der Waals surface area (Å²) in [7, 11) is 0. The van der Waals surface area contributed by atoms with Crippen molar-refractivity contribution in [2.45, 2.75) is 6.92 Å². The second-order valence-electron chi connectivity index (χ2n) is 3.88. The van der Waals surface area contributed by atoms with Crippen LogP contribution in [0.1, 0.15) is 17.3 Å². The van der Waals surface area contributed by atoms with Crippen LogP contribution in [0.2, 0.25) is 0 Å². The molecule has 0 saturated heterocycles. The Kier molecular flexibility index (Phi) is 3.85. The molecule has 2 heteroatoms. The van der Waals surface area contributed by atoms with E-state index in [1.54, 1.807) is 19.1 Å². The van der Waals surface area contributed by atoms with Crippen molar-refractivity contribution in [1.29, 1.82) is 0 Å². The number of benzene rings is 2. The van der Waals surface area contributed by atoms with Crippen LogP contribution in [0.25, 0.3) is 0 Å². The molecule has 2 rings (SSSR count). The number of hydrogen-bond donors (Lipinski definition) is 0. The molecule has 2 aromatic rings. The van der Waals surface area contributed by atoms with E-state index in [4.69, 9.17) is 0 Å². The number of nitrogens with zero attached hydrogens (tertiary/aromatic N) is 1. The Bertz CT molecular complexity index is 594. The van der Waals surface area contributed by atoms with E-state index in [0.29, 0.717) is 11.1 Å². The first-order chi connectivity index (χ1) is 8.77. The van der Waals surface area contributed by atoms with Crippen LogP contribution >= 0.6 is 0 Å². The van der Waals surface area contributed by atoms with Gasteiger partial charge in [-0.3, -0.25) is 4.79 Å². The molecule has 0 aliphatic heterocycles. The number of ketones is 1. The van der Waals surface area contributed by atoms with Gasteiger partial charge < -0.3 is 0 Å². The Morgan fingerprint density at radius 2 is 1.50 bits per heavy atom. The zero-order chi connectivity index (χ0) is 12.8. The van der Waals surface area contributed by atoms with Gasteiger partial charge in [-0.2, -0.15) is 0 Å². The highest BCUT2D eigenvalue weighted by Gasteiger charge is 2.06. The summed E-state index contributed by atoms with van der Waals surface area (Å²) in [6, 6.07) is 18.6. The molecule has 0 spiro atoms. The van der Waals surface area contributed by atoms with E-state index in [2.05, 4.69) is 10.9 Å². The molecule has 2 aromatic carbocycles. The minimum absolute atomic E-state index is 0.0460. The van der Waals surface area contributed by atoms with Crippen molar-refractivity contribution in [3.05, 3.63) is 71.8 Å². The van der Waals surface area contributed by atoms with E-state index >= 15 is 0 Å². The fraction of sp³-hybridized carbons (Fsp3) is 0.0625. The molecule has 0 saturated carbocycles. The van der Waals surface area contributed by atoms with Crippen LogP contribution in [-0.2, 0) is 0 Å². The highest BCUT2D eigenvalue weighted by molar-refractivity contribution is 6.13. The quantitative estimate of drug-likeness (QED) is 0.452. The maximum absolute atomic E-state index is 12.0. The smallest absolute Gasteiger partial charge is 0.197 e. The monoisotopic (exact) mass is 235 g/mol. The number of carbonyl (C=O) groups excluding carboxylic acids is 1. The van der Waals surface area contributed by atoms with E-state index in [9.17, 15) is 4.79 Å². The molecule has 0 fully saturated rings. The molecule has 2 nitrogen and oxygen atoms in total. The van der Waals surface area contributed by atoms with Crippen LogP contribution in [0.4, 0.5) is 5.69 Å². The van der Waals surface area contributed by atoms with E-state index in [-0.39, 0.29) is 5.78 Å². The summed E-state index contributed by atoms with van der Waals surface area (Å²) >= 11 is 0. The molecular formula is C16H13NO. The molecule has 0 N–H and O–H groups in total. The van der Waals surface area contributed by atoms with Gasteiger partial charge in [-0.25, -0.2) is 4.99 Å². The summed E-state index contributed by atoms with van der Waals surface area (Å²) in [5.74, 6) is 2.74. The predicted octanol–water partition coefficient (Wildman–Crippen LogP) is 3.82. The first-order valence-corrected chi connectivity index (χ1v) is 5.72. The lowest BCUT2D eigenvalue weighted by molar-refractivity contribution is 0.103. The standard InChI is InChI=1S/C16H13NO/c1-13(12-17-15-10-6-3-7-11-15)16(18)14-8-4-2-5-9-14/h2-11H,1H3.